The molecule has 1 aliphatic heterocycles. The number of anilines is 1. The first-order valence-corrected chi connectivity index (χ1v) is 11.2. The lowest BCUT2D eigenvalue weighted by Crippen LogP contribution is -2.36. The van der Waals surface area contributed by atoms with Crippen LogP contribution >= 0.6 is 11.6 Å². The second kappa shape index (κ2) is 9.28. The van der Waals surface area contributed by atoms with Crippen molar-refractivity contribution in [2.24, 2.45) is 5.92 Å². The summed E-state index contributed by atoms with van der Waals surface area (Å²) in [5.74, 6) is 1.04. The van der Waals surface area contributed by atoms with E-state index in [1.54, 1.807) is 0 Å². The molecule has 0 aliphatic carbocycles. The molecule has 1 fully saturated rings. The lowest BCUT2D eigenvalue weighted by atomic mass is 10.1. The van der Waals surface area contributed by atoms with Crippen LogP contribution in [0.4, 0.5) is 5.69 Å². The van der Waals surface area contributed by atoms with Crippen LogP contribution in [0.2, 0.25) is 5.02 Å². The van der Waals surface area contributed by atoms with E-state index in [2.05, 4.69) is 34.9 Å². The van der Waals surface area contributed by atoms with Crippen molar-refractivity contribution >= 4 is 34.2 Å². The van der Waals surface area contributed by atoms with Crippen molar-refractivity contribution in [3.8, 4) is 11.4 Å². The van der Waals surface area contributed by atoms with Gasteiger partial charge in [0.25, 0.3) is 0 Å². The van der Waals surface area contributed by atoms with Crippen LogP contribution in [0.15, 0.2) is 42.5 Å². The zero-order valence-corrected chi connectivity index (χ0v) is 19.2. The third kappa shape index (κ3) is 4.86. The molecular weight excluding hydrogens is 410 g/mol. The lowest BCUT2D eigenvalue weighted by molar-refractivity contribution is -0.133. The van der Waals surface area contributed by atoms with Gasteiger partial charge in [0.2, 0.25) is 5.91 Å². The molecule has 164 valence electrons. The molecule has 1 aromatic heterocycles. The predicted molar refractivity (Wildman–Crippen MR) is 128 cm³/mol. The molecule has 1 saturated heterocycles. The molecule has 1 atom stereocenters. The van der Waals surface area contributed by atoms with Gasteiger partial charge in [0.1, 0.15) is 5.82 Å². The van der Waals surface area contributed by atoms with Gasteiger partial charge < -0.3 is 19.7 Å². The standard InChI is InChI=1S/C24H30ClN5O/c1-28(2)12-6-13-29(3)24(31)17-11-14-30(16-17)18-9-10-20(25)19(15-18)23-26-21-7-4-5-8-22(21)27-23/h4-5,7-10,15,17H,6,11-14,16H2,1-3H3,(H,26,27). The SMILES string of the molecule is CN(C)CCCN(C)C(=O)C1CCN(c2ccc(Cl)c(-c3nc4ccccc4[nH]3)c2)C1. The van der Waals surface area contributed by atoms with Gasteiger partial charge in [0, 0.05) is 37.9 Å². The average molecular weight is 440 g/mol. The summed E-state index contributed by atoms with van der Waals surface area (Å²) in [6.07, 6.45) is 1.86. The number of benzene rings is 2. The number of carbonyl (C=O) groups is 1. The van der Waals surface area contributed by atoms with Crippen LogP contribution < -0.4 is 4.90 Å². The Bertz CT molecular complexity index is 1030. The second-order valence-electron chi connectivity index (χ2n) is 8.61. The molecule has 2 aromatic carbocycles. The van der Waals surface area contributed by atoms with E-state index < -0.39 is 0 Å². The lowest BCUT2D eigenvalue weighted by Gasteiger charge is -2.23. The molecule has 1 N–H and O–H groups in total. The number of amides is 1. The second-order valence-corrected chi connectivity index (χ2v) is 9.02. The van der Waals surface area contributed by atoms with Crippen molar-refractivity contribution in [1.82, 2.24) is 19.8 Å². The van der Waals surface area contributed by atoms with E-state index in [-0.39, 0.29) is 11.8 Å². The van der Waals surface area contributed by atoms with E-state index >= 15 is 0 Å². The Morgan fingerprint density at radius 3 is 2.77 bits per heavy atom. The molecule has 7 heteroatoms. The van der Waals surface area contributed by atoms with Gasteiger partial charge in [-0.1, -0.05) is 23.7 Å². The van der Waals surface area contributed by atoms with E-state index in [1.807, 2.05) is 48.3 Å². The average Bonchev–Trinajstić information content (AvgIpc) is 3.40. The van der Waals surface area contributed by atoms with Crippen molar-refractivity contribution in [1.29, 1.82) is 0 Å². The number of para-hydroxylation sites is 2. The summed E-state index contributed by atoms with van der Waals surface area (Å²) in [5.41, 5.74) is 3.86. The number of H-pyrrole nitrogens is 1. The normalized spacial score (nSPS) is 16.4. The number of carbonyl (C=O) groups excluding carboxylic acids is 1. The van der Waals surface area contributed by atoms with Crippen molar-refractivity contribution < 1.29 is 4.79 Å². The highest BCUT2D eigenvalue weighted by Crippen LogP contribution is 2.33. The maximum atomic E-state index is 12.9. The fraction of sp³-hybridized carbons (Fsp3) is 0.417. The van der Waals surface area contributed by atoms with Gasteiger partial charge in [0.15, 0.2) is 0 Å². The highest BCUT2D eigenvalue weighted by Gasteiger charge is 2.30. The molecule has 0 saturated carbocycles. The first-order chi connectivity index (χ1) is 14.9. The van der Waals surface area contributed by atoms with Crippen molar-refractivity contribution in [2.45, 2.75) is 12.8 Å². The molecule has 4 rings (SSSR count). The highest BCUT2D eigenvalue weighted by atomic mass is 35.5. The predicted octanol–water partition coefficient (Wildman–Crippen LogP) is 4.12. The van der Waals surface area contributed by atoms with Crippen LogP contribution in [0, 0.1) is 5.92 Å². The summed E-state index contributed by atoms with van der Waals surface area (Å²) >= 11 is 6.51. The first kappa shape index (κ1) is 21.7. The van der Waals surface area contributed by atoms with Gasteiger partial charge >= 0.3 is 0 Å². The molecule has 0 spiro atoms. The Balaban J connectivity index is 1.46. The van der Waals surface area contributed by atoms with Gasteiger partial charge in [-0.2, -0.15) is 0 Å². The Labute approximate surface area is 188 Å². The number of nitrogens with one attached hydrogen (secondary N) is 1. The number of aromatic amines is 1. The smallest absolute Gasteiger partial charge is 0.227 e. The summed E-state index contributed by atoms with van der Waals surface area (Å²) in [6.45, 7) is 3.38. The summed E-state index contributed by atoms with van der Waals surface area (Å²) in [5, 5.41) is 0.662. The number of hydrogen-bond acceptors (Lipinski definition) is 4. The van der Waals surface area contributed by atoms with Gasteiger partial charge in [0.05, 0.1) is 22.0 Å². The molecule has 1 unspecified atom stereocenters. The minimum Gasteiger partial charge on any atom is -0.371 e. The fourth-order valence-electron chi connectivity index (χ4n) is 4.21. The van der Waals surface area contributed by atoms with E-state index in [1.165, 1.54) is 0 Å². The summed E-state index contributed by atoms with van der Waals surface area (Å²) < 4.78 is 0. The number of nitrogens with zero attached hydrogens (tertiary/aromatic N) is 4. The molecule has 1 aliphatic rings. The van der Waals surface area contributed by atoms with Crippen molar-refractivity contribution in [3.05, 3.63) is 47.5 Å². The maximum absolute atomic E-state index is 12.9. The molecule has 31 heavy (non-hydrogen) atoms. The van der Waals surface area contributed by atoms with Crippen molar-refractivity contribution in [3.63, 3.8) is 0 Å². The van der Waals surface area contributed by atoms with Gasteiger partial charge in [-0.05, 0) is 63.8 Å². The van der Waals surface area contributed by atoms with Crippen LogP contribution in [-0.4, -0.2) is 73.0 Å². The fourth-order valence-corrected chi connectivity index (χ4v) is 4.42. The summed E-state index contributed by atoms with van der Waals surface area (Å²) in [6, 6.07) is 14.0. The number of fused-ring (bicyclic) bond motifs is 1. The third-order valence-electron chi connectivity index (χ3n) is 5.97. The quantitative estimate of drug-likeness (QED) is 0.601. The molecule has 6 nitrogen and oxygen atoms in total. The Morgan fingerprint density at radius 2 is 2.00 bits per heavy atom. The van der Waals surface area contributed by atoms with Crippen LogP contribution in [0.5, 0.6) is 0 Å². The van der Waals surface area contributed by atoms with E-state index in [4.69, 9.17) is 16.6 Å². The molecule has 3 aromatic rings. The van der Waals surface area contributed by atoms with Crippen LogP contribution in [0.3, 0.4) is 0 Å². The number of hydrogen-bond donors (Lipinski definition) is 1. The minimum atomic E-state index is 0.0367. The maximum Gasteiger partial charge on any atom is 0.227 e. The zero-order chi connectivity index (χ0) is 22.0. The monoisotopic (exact) mass is 439 g/mol. The zero-order valence-electron chi connectivity index (χ0n) is 18.4. The summed E-state index contributed by atoms with van der Waals surface area (Å²) in [4.78, 5) is 27.3. The van der Waals surface area contributed by atoms with Gasteiger partial charge in [-0.3, -0.25) is 4.79 Å². The van der Waals surface area contributed by atoms with E-state index in [0.29, 0.717) is 5.02 Å². The highest BCUT2D eigenvalue weighted by molar-refractivity contribution is 6.33. The number of halogens is 1. The summed E-state index contributed by atoms with van der Waals surface area (Å²) in [7, 11) is 6.04. The number of imidazole rings is 1. The number of rotatable bonds is 7. The number of aromatic nitrogens is 2. The largest absolute Gasteiger partial charge is 0.371 e. The Hall–Kier alpha value is -2.57. The molecule has 2 heterocycles. The van der Waals surface area contributed by atoms with Crippen molar-refractivity contribution in [2.75, 3.05) is 52.2 Å². The van der Waals surface area contributed by atoms with Crippen LogP contribution in [0.25, 0.3) is 22.4 Å². The van der Waals surface area contributed by atoms with E-state index in [9.17, 15) is 4.79 Å². The minimum absolute atomic E-state index is 0.0367. The topological polar surface area (TPSA) is 55.5 Å². The molecular formula is C24H30ClN5O. The van der Waals surface area contributed by atoms with Crippen LogP contribution in [0.1, 0.15) is 12.8 Å². The first-order valence-electron chi connectivity index (χ1n) is 10.8. The van der Waals surface area contributed by atoms with E-state index in [0.717, 1.165) is 67.1 Å². The van der Waals surface area contributed by atoms with Gasteiger partial charge in [-0.15, -0.1) is 0 Å². The molecule has 0 radical (unpaired) electrons. The van der Waals surface area contributed by atoms with Crippen LogP contribution in [-0.2, 0) is 4.79 Å². The van der Waals surface area contributed by atoms with Gasteiger partial charge in [-0.25, -0.2) is 4.98 Å². The Morgan fingerprint density at radius 1 is 1.19 bits per heavy atom. The molecule has 1 amide bonds. The Kier molecular flexibility index (Phi) is 6.49. The molecule has 0 bridgehead atoms. The third-order valence-corrected chi connectivity index (χ3v) is 6.30.